The Bertz CT molecular complexity index is 513. The molecule has 0 spiro atoms. The Kier molecular flexibility index (Phi) is 3.64. The summed E-state index contributed by atoms with van der Waals surface area (Å²) in [6.45, 7) is 5.50. The Balaban J connectivity index is 1.96. The summed E-state index contributed by atoms with van der Waals surface area (Å²) in [7, 11) is 0. The number of piperazine rings is 1. The molecule has 21 heavy (non-hydrogen) atoms. The highest BCUT2D eigenvalue weighted by Crippen LogP contribution is 2.33. The topological polar surface area (TPSA) is 44.3 Å². The fourth-order valence-corrected chi connectivity index (χ4v) is 2.57. The van der Waals surface area contributed by atoms with Crippen LogP contribution < -0.4 is 15.1 Å². The second kappa shape index (κ2) is 5.32. The van der Waals surface area contributed by atoms with Crippen LogP contribution in [0.3, 0.4) is 0 Å². The van der Waals surface area contributed by atoms with Gasteiger partial charge in [-0.25, -0.2) is 4.98 Å². The van der Waals surface area contributed by atoms with Crippen molar-refractivity contribution >= 4 is 11.8 Å². The molecular weight excluding hydrogens is 283 g/mol. The average molecular weight is 301 g/mol. The van der Waals surface area contributed by atoms with E-state index in [1.54, 1.807) is 0 Å². The number of anilines is 2. The fourth-order valence-electron chi connectivity index (χ4n) is 2.57. The summed E-state index contributed by atoms with van der Waals surface area (Å²) in [5.41, 5.74) is -0.861. The van der Waals surface area contributed by atoms with E-state index in [-0.39, 0.29) is 12.0 Å². The molecule has 1 atom stereocenters. The number of alkyl halides is 3. The lowest BCUT2D eigenvalue weighted by Crippen LogP contribution is -2.47. The van der Waals surface area contributed by atoms with E-state index in [1.807, 2.05) is 16.7 Å². The van der Waals surface area contributed by atoms with Crippen LogP contribution in [0.5, 0.6) is 0 Å². The molecule has 2 fully saturated rings. The molecule has 1 N–H and O–H groups in total. The van der Waals surface area contributed by atoms with Crippen molar-refractivity contribution in [2.45, 2.75) is 25.6 Å². The molecule has 2 saturated heterocycles. The largest absolute Gasteiger partial charge is 0.433 e. The second-order valence-corrected chi connectivity index (χ2v) is 5.48. The number of nitrogens with zero attached hydrogens (tertiary/aromatic N) is 4. The maximum atomic E-state index is 13.1. The minimum absolute atomic E-state index is 0.192. The summed E-state index contributed by atoms with van der Waals surface area (Å²) in [5, 5.41) is 3.18. The lowest BCUT2D eigenvalue weighted by Gasteiger charge is -2.39. The van der Waals surface area contributed by atoms with E-state index >= 15 is 0 Å². The minimum Gasteiger partial charge on any atom is -0.354 e. The van der Waals surface area contributed by atoms with Crippen molar-refractivity contribution in [1.82, 2.24) is 15.3 Å². The van der Waals surface area contributed by atoms with Crippen LogP contribution in [0.2, 0.25) is 0 Å². The van der Waals surface area contributed by atoms with Crippen molar-refractivity contribution < 1.29 is 13.2 Å². The van der Waals surface area contributed by atoms with E-state index in [0.717, 1.165) is 25.6 Å². The predicted octanol–water partition coefficient (Wildman–Crippen LogP) is 1.50. The maximum absolute atomic E-state index is 13.1. The van der Waals surface area contributed by atoms with Crippen LogP contribution in [0.25, 0.3) is 0 Å². The third-order valence-electron chi connectivity index (χ3n) is 4.01. The summed E-state index contributed by atoms with van der Waals surface area (Å²) in [6.07, 6.45) is -3.49. The Morgan fingerprint density at radius 2 is 1.90 bits per heavy atom. The highest BCUT2D eigenvalue weighted by Gasteiger charge is 2.36. The molecule has 0 amide bonds. The molecule has 0 aromatic carbocycles. The van der Waals surface area contributed by atoms with Crippen molar-refractivity contribution in [3.05, 3.63) is 11.8 Å². The van der Waals surface area contributed by atoms with Crippen LogP contribution in [0.15, 0.2) is 6.07 Å². The summed E-state index contributed by atoms with van der Waals surface area (Å²) >= 11 is 0. The first-order chi connectivity index (χ1) is 9.95. The first-order valence-electron chi connectivity index (χ1n) is 7.14. The molecule has 2 aliphatic rings. The Morgan fingerprint density at radius 1 is 1.19 bits per heavy atom. The lowest BCUT2D eigenvalue weighted by atomic mass is 10.1. The van der Waals surface area contributed by atoms with Gasteiger partial charge in [-0.2, -0.15) is 18.2 Å². The van der Waals surface area contributed by atoms with Gasteiger partial charge in [0.25, 0.3) is 0 Å². The van der Waals surface area contributed by atoms with Crippen LogP contribution in [-0.4, -0.2) is 48.7 Å². The van der Waals surface area contributed by atoms with Gasteiger partial charge in [-0.15, -0.1) is 0 Å². The Labute approximate surface area is 121 Å². The van der Waals surface area contributed by atoms with Gasteiger partial charge >= 0.3 is 6.18 Å². The van der Waals surface area contributed by atoms with Gasteiger partial charge in [0, 0.05) is 44.8 Å². The minimum atomic E-state index is -4.45. The van der Waals surface area contributed by atoms with Crippen molar-refractivity contribution in [3.63, 3.8) is 0 Å². The third kappa shape index (κ3) is 2.90. The van der Waals surface area contributed by atoms with Gasteiger partial charge in [-0.3, -0.25) is 0 Å². The van der Waals surface area contributed by atoms with Gasteiger partial charge < -0.3 is 15.1 Å². The van der Waals surface area contributed by atoms with E-state index in [4.69, 9.17) is 0 Å². The molecule has 0 bridgehead atoms. The maximum Gasteiger partial charge on any atom is 0.433 e. The average Bonchev–Trinajstić information content (AvgIpc) is 2.45. The molecule has 0 aliphatic carbocycles. The molecule has 116 valence electrons. The first-order valence-corrected chi connectivity index (χ1v) is 7.14. The summed E-state index contributed by atoms with van der Waals surface area (Å²) in [5.74, 6) is 0.560. The molecule has 3 heterocycles. The van der Waals surface area contributed by atoms with Crippen LogP contribution >= 0.6 is 0 Å². The normalized spacial score (nSPS) is 23.1. The fraction of sp³-hybridized carbons (Fsp3) is 0.692. The van der Waals surface area contributed by atoms with E-state index < -0.39 is 11.9 Å². The smallest absolute Gasteiger partial charge is 0.354 e. The van der Waals surface area contributed by atoms with Crippen molar-refractivity contribution in [1.29, 1.82) is 0 Å². The highest BCUT2D eigenvalue weighted by atomic mass is 19.4. The monoisotopic (exact) mass is 301 g/mol. The molecule has 5 nitrogen and oxygen atoms in total. The molecule has 0 radical (unpaired) electrons. The zero-order valence-corrected chi connectivity index (χ0v) is 11.8. The third-order valence-corrected chi connectivity index (χ3v) is 4.01. The van der Waals surface area contributed by atoms with Gasteiger partial charge in [0.05, 0.1) is 0 Å². The number of hydrogen-bond acceptors (Lipinski definition) is 5. The standard InChI is InChI=1S/C13H18F3N5/c1-9-2-5-21(9)12-18-10(13(14,15)16)8-11(19-12)20-6-3-17-4-7-20/h8-9,17H,2-7H2,1H3/t9-/m0/s1. The highest BCUT2D eigenvalue weighted by molar-refractivity contribution is 5.48. The van der Waals surface area contributed by atoms with E-state index in [2.05, 4.69) is 15.3 Å². The van der Waals surface area contributed by atoms with Gasteiger partial charge in [0.15, 0.2) is 5.69 Å². The van der Waals surface area contributed by atoms with Crippen molar-refractivity contribution in [3.8, 4) is 0 Å². The summed E-state index contributed by atoms with van der Waals surface area (Å²) in [6, 6.07) is 1.25. The van der Waals surface area contributed by atoms with Gasteiger partial charge in [-0.05, 0) is 13.3 Å². The molecule has 0 unspecified atom stereocenters. The van der Waals surface area contributed by atoms with Crippen molar-refractivity contribution in [2.24, 2.45) is 0 Å². The van der Waals surface area contributed by atoms with Crippen LogP contribution in [0, 0.1) is 0 Å². The quantitative estimate of drug-likeness (QED) is 0.897. The van der Waals surface area contributed by atoms with Crippen LogP contribution in [0.1, 0.15) is 19.0 Å². The van der Waals surface area contributed by atoms with E-state index in [0.29, 0.717) is 25.5 Å². The van der Waals surface area contributed by atoms with Crippen molar-refractivity contribution in [2.75, 3.05) is 42.5 Å². The SMILES string of the molecule is C[C@H]1CCN1c1nc(N2CCNCC2)cc(C(F)(F)F)n1. The Morgan fingerprint density at radius 3 is 2.43 bits per heavy atom. The molecule has 8 heteroatoms. The number of aromatic nitrogens is 2. The second-order valence-electron chi connectivity index (χ2n) is 5.48. The Hall–Kier alpha value is -1.57. The van der Waals surface area contributed by atoms with Gasteiger partial charge in [-0.1, -0.05) is 0 Å². The molecule has 3 rings (SSSR count). The molecule has 0 saturated carbocycles. The van der Waals surface area contributed by atoms with Crippen LogP contribution in [-0.2, 0) is 6.18 Å². The summed E-state index contributed by atoms with van der Waals surface area (Å²) < 4.78 is 39.2. The number of hydrogen-bond donors (Lipinski definition) is 1. The van der Waals surface area contributed by atoms with Gasteiger partial charge in [0.2, 0.25) is 5.95 Å². The summed E-state index contributed by atoms with van der Waals surface area (Å²) in [4.78, 5) is 11.8. The molecule has 1 aromatic heterocycles. The zero-order valence-electron chi connectivity index (χ0n) is 11.8. The zero-order chi connectivity index (χ0) is 15.0. The van der Waals surface area contributed by atoms with E-state index in [1.165, 1.54) is 0 Å². The number of halogens is 3. The van der Waals surface area contributed by atoms with E-state index in [9.17, 15) is 13.2 Å². The molecule has 1 aromatic rings. The number of nitrogens with one attached hydrogen (secondary N) is 1. The van der Waals surface area contributed by atoms with Crippen LogP contribution in [0.4, 0.5) is 24.9 Å². The first kappa shape index (κ1) is 14.4. The molecule has 2 aliphatic heterocycles. The lowest BCUT2D eigenvalue weighted by molar-refractivity contribution is -0.141. The number of rotatable bonds is 2. The van der Waals surface area contributed by atoms with Gasteiger partial charge in [0.1, 0.15) is 5.82 Å². The molecular formula is C13H18F3N5. The predicted molar refractivity (Wildman–Crippen MR) is 73.5 cm³/mol.